The Hall–Kier alpha value is -0.622. The summed E-state index contributed by atoms with van der Waals surface area (Å²) in [6, 6.07) is 5.02. The zero-order chi connectivity index (χ0) is 11.0. The van der Waals surface area contributed by atoms with E-state index in [-0.39, 0.29) is 21.1 Å². The molecule has 0 saturated carbocycles. The molecule has 2 aromatic heterocycles. The van der Waals surface area contributed by atoms with Gasteiger partial charge in [0.1, 0.15) is 0 Å². The van der Waals surface area contributed by atoms with Crippen LogP contribution in [0.3, 0.4) is 0 Å². The largest absolute Gasteiger partial charge is 0.422 e. The van der Waals surface area contributed by atoms with Crippen LogP contribution in [0, 0.1) is 13.0 Å². The predicted molar refractivity (Wildman–Crippen MR) is 62.4 cm³/mol. The van der Waals surface area contributed by atoms with E-state index in [0.29, 0.717) is 0 Å². The maximum atomic E-state index is 4.09. The first-order valence-electron chi connectivity index (χ1n) is 5.18. The van der Waals surface area contributed by atoms with E-state index in [0.717, 1.165) is 16.6 Å². The number of hydrogen-bond donors (Lipinski definition) is 1. The topological polar surface area (TPSA) is 28.7 Å². The minimum atomic E-state index is 0. The molecule has 0 atom stereocenters. The third-order valence-electron chi connectivity index (χ3n) is 1.59. The van der Waals surface area contributed by atoms with E-state index in [9.17, 15) is 0 Å². The molecule has 15 heavy (non-hydrogen) atoms. The Kier molecular flexibility index (Phi) is 11.1. The van der Waals surface area contributed by atoms with Crippen LogP contribution in [0.25, 0.3) is 10.9 Å². The molecule has 84 valence electrons. The van der Waals surface area contributed by atoms with E-state index < -0.39 is 0 Å². The van der Waals surface area contributed by atoms with Gasteiger partial charge in [-0.05, 0) is 18.6 Å². The summed E-state index contributed by atoms with van der Waals surface area (Å²) < 4.78 is 0. The summed E-state index contributed by atoms with van der Waals surface area (Å²) >= 11 is 0. The molecule has 0 fully saturated rings. The van der Waals surface area contributed by atoms with Crippen molar-refractivity contribution in [2.45, 2.75) is 34.6 Å². The number of nitrogens with one attached hydrogen (secondary N) is 1. The molecule has 0 unspecified atom stereocenters. The van der Waals surface area contributed by atoms with Gasteiger partial charge in [0, 0.05) is 26.8 Å². The van der Waals surface area contributed by atoms with Gasteiger partial charge in [0.25, 0.3) is 0 Å². The minimum Gasteiger partial charge on any atom is -0.422 e. The number of rotatable bonds is 0. The number of aromatic nitrogens is 2. The molecule has 0 aliphatic rings. The third kappa shape index (κ3) is 4.61. The van der Waals surface area contributed by atoms with Crippen molar-refractivity contribution in [3.05, 3.63) is 30.2 Å². The summed E-state index contributed by atoms with van der Waals surface area (Å²) in [7, 11) is 0. The molecule has 0 aliphatic heterocycles. The molecule has 0 saturated heterocycles. The molecule has 0 aromatic carbocycles. The van der Waals surface area contributed by atoms with Crippen LogP contribution >= 0.6 is 0 Å². The van der Waals surface area contributed by atoms with Gasteiger partial charge in [0.2, 0.25) is 0 Å². The fraction of sp³-hybridized carbons (Fsp3) is 0.417. The van der Waals surface area contributed by atoms with Gasteiger partial charge in [-0.25, -0.2) is 0 Å². The molecule has 2 heterocycles. The van der Waals surface area contributed by atoms with Crippen molar-refractivity contribution >= 4 is 10.9 Å². The van der Waals surface area contributed by atoms with E-state index >= 15 is 0 Å². The molecule has 2 rings (SSSR count). The average molecular weight is 375 g/mol. The zero-order valence-electron chi connectivity index (χ0n) is 10.1. The molecule has 0 aliphatic carbocycles. The summed E-state index contributed by atoms with van der Waals surface area (Å²) in [5.41, 5.74) is 2.11. The van der Waals surface area contributed by atoms with Crippen LogP contribution in [0.15, 0.2) is 18.5 Å². The van der Waals surface area contributed by atoms with Gasteiger partial charge < -0.3 is 4.98 Å². The quantitative estimate of drug-likeness (QED) is 0.699. The standard InChI is InChI=1S/C8H7N2.2C2H6.W/c1-6-8-7(2-4-9-6)3-5-10-8;2*1-2;/h3-5,10H,1H3;2*1-2H3;/q-1;;;. The molecule has 0 spiro atoms. The summed E-state index contributed by atoms with van der Waals surface area (Å²) in [4.78, 5) is 7.19. The molecular weight excluding hydrogens is 356 g/mol. The maximum Gasteiger partial charge on any atom is 0.00446 e. The number of aryl methyl sites for hydroxylation is 1. The minimum absolute atomic E-state index is 0. The van der Waals surface area contributed by atoms with Gasteiger partial charge in [-0.2, -0.15) is 11.5 Å². The van der Waals surface area contributed by atoms with E-state index in [1.54, 1.807) is 6.20 Å². The van der Waals surface area contributed by atoms with Gasteiger partial charge in [-0.1, -0.05) is 33.9 Å². The molecule has 2 nitrogen and oxygen atoms in total. The van der Waals surface area contributed by atoms with Crippen molar-refractivity contribution < 1.29 is 21.1 Å². The molecule has 1 N–H and O–H groups in total. The number of pyridine rings is 1. The Bertz CT molecular complexity index is 355. The van der Waals surface area contributed by atoms with Crippen LogP contribution < -0.4 is 0 Å². The Morgan fingerprint density at radius 2 is 1.80 bits per heavy atom. The molecule has 3 heteroatoms. The molecule has 2 aromatic rings. The van der Waals surface area contributed by atoms with E-state index in [4.69, 9.17) is 0 Å². The van der Waals surface area contributed by atoms with Gasteiger partial charge >= 0.3 is 0 Å². The number of fused-ring (bicyclic) bond motifs is 1. The van der Waals surface area contributed by atoms with Crippen molar-refractivity contribution in [1.82, 2.24) is 9.97 Å². The van der Waals surface area contributed by atoms with Gasteiger partial charge in [0.05, 0.1) is 0 Å². The van der Waals surface area contributed by atoms with E-state index in [1.807, 2.05) is 46.9 Å². The Balaban J connectivity index is 0. The zero-order valence-corrected chi connectivity index (χ0v) is 13.0. The Labute approximate surface area is 107 Å². The van der Waals surface area contributed by atoms with Gasteiger partial charge in [0.15, 0.2) is 0 Å². The summed E-state index contributed by atoms with van der Waals surface area (Å²) in [6.45, 7) is 9.98. The summed E-state index contributed by atoms with van der Waals surface area (Å²) in [5.74, 6) is 0. The number of aromatic amines is 1. The second kappa shape index (κ2) is 9.92. The molecular formula is C12H19N2W-. The first-order valence-corrected chi connectivity index (χ1v) is 5.18. The van der Waals surface area contributed by atoms with Gasteiger partial charge in [-0.3, -0.25) is 4.98 Å². The second-order valence-electron chi connectivity index (χ2n) is 2.25. The van der Waals surface area contributed by atoms with Crippen molar-refractivity contribution in [2.24, 2.45) is 0 Å². The van der Waals surface area contributed by atoms with E-state index in [1.165, 1.54) is 0 Å². The van der Waals surface area contributed by atoms with Crippen LogP contribution in [-0.2, 0) is 21.1 Å². The number of nitrogens with zero attached hydrogens (tertiary/aromatic N) is 1. The van der Waals surface area contributed by atoms with Crippen LogP contribution in [-0.4, -0.2) is 9.97 Å². The molecule has 0 bridgehead atoms. The number of hydrogen-bond acceptors (Lipinski definition) is 1. The van der Waals surface area contributed by atoms with Crippen molar-refractivity contribution in [3.8, 4) is 0 Å². The molecule has 0 radical (unpaired) electrons. The van der Waals surface area contributed by atoms with Crippen molar-refractivity contribution in [3.63, 3.8) is 0 Å². The maximum absolute atomic E-state index is 4.09. The Morgan fingerprint density at radius 3 is 2.33 bits per heavy atom. The normalized spacial score (nSPS) is 7.80. The van der Waals surface area contributed by atoms with Crippen LogP contribution in [0.2, 0.25) is 0 Å². The second-order valence-corrected chi connectivity index (χ2v) is 2.25. The van der Waals surface area contributed by atoms with Crippen LogP contribution in [0.4, 0.5) is 0 Å². The Morgan fingerprint density at radius 1 is 1.20 bits per heavy atom. The average Bonchev–Trinajstić information content (AvgIpc) is 2.73. The fourth-order valence-electron chi connectivity index (χ4n) is 1.05. The summed E-state index contributed by atoms with van der Waals surface area (Å²) in [5, 5.41) is 1.10. The molecule has 0 amide bonds. The SMILES string of the molecule is CC.CC.Cc1nc[c-]c2cc[nH]c12.[W]. The third-order valence-corrected chi connectivity index (χ3v) is 1.59. The van der Waals surface area contributed by atoms with Crippen molar-refractivity contribution in [2.75, 3.05) is 0 Å². The smallest absolute Gasteiger partial charge is 0.00446 e. The van der Waals surface area contributed by atoms with Gasteiger partial charge in [-0.15, -0.1) is 6.07 Å². The monoisotopic (exact) mass is 375 g/mol. The van der Waals surface area contributed by atoms with Crippen LogP contribution in [0.5, 0.6) is 0 Å². The van der Waals surface area contributed by atoms with Crippen molar-refractivity contribution in [1.29, 1.82) is 0 Å². The van der Waals surface area contributed by atoms with E-state index in [2.05, 4.69) is 16.0 Å². The van der Waals surface area contributed by atoms with Crippen LogP contribution in [0.1, 0.15) is 33.4 Å². The number of H-pyrrole nitrogens is 1. The summed E-state index contributed by atoms with van der Waals surface area (Å²) in [6.07, 6.45) is 3.60. The first kappa shape index (κ1) is 16.8. The predicted octanol–water partition coefficient (Wildman–Crippen LogP) is 3.72. The fourth-order valence-corrected chi connectivity index (χ4v) is 1.05. The first-order chi connectivity index (χ1) is 6.88.